The van der Waals surface area contributed by atoms with E-state index in [2.05, 4.69) is 20.2 Å². The minimum atomic E-state index is -0.291. The van der Waals surface area contributed by atoms with Crippen molar-refractivity contribution in [3.63, 3.8) is 0 Å². The number of hydrogen-bond donors (Lipinski definition) is 1. The second kappa shape index (κ2) is 7.15. The summed E-state index contributed by atoms with van der Waals surface area (Å²) in [6, 6.07) is 0. The first kappa shape index (κ1) is 16.1. The summed E-state index contributed by atoms with van der Waals surface area (Å²) in [5.74, 6) is 0.462. The van der Waals surface area contributed by atoms with Crippen LogP contribution in [0.3, 0.4) is 0 Å². The summed E-state index contributed by atoms with van der Waals surface area (Å²) in [5.41, 5.74) is 0.222. The largest absolute Gasteiger partial charge is 0.374 e. The Hall–Kier alpha value is -1.24. The molecular weight excluding hydrogens is 292 g/mol. The molecule has 1 atom stereocenters. The Kier molecular flexibility index (Phi) is 5.50. The predicted molar refractivity (Wildman–Crippen MR) is 80.7 cm³/mol. The molecular formula is C14H21ClN4O2. The quantitative estimate of drug-likeness (QED) is 0.908. The Morgan fingerprint density at radius 2 is 2.38 bits per heavy atom. The lowest BCUT2D eigenvalue weighted by Gasteiger charge is -2.30. The van der Waals surface area contributed by atoms with E-state index < -0.39 is 0 Å². The van der Waals surface area contributed by atoms with Crippen LogP contribution in [-0.2, 0) is 4.74 Å². The van der Waals surface area contributed by atoms with Gasteiger partial charge in [-0.1, -0.05) is 25.4 Å². The number of carbonyl (C=O) groups is 1. The van der Waals surface area contributed by atoms with Crippen molar-refractivity contribution >= 4 is 17.5 Å². The highest BCUT2D eigenvalue weighted by Crippen LogP contribution is 2.16. The van der Waals surface area contributed by atoms with Crippen molar-refractivity contribution in [2.45, 2.75) is 25.9 Å². The molecule has 0 radical (unpaired) electrons. The molecule has 0 bridgehead atoms. The SMILES string of the molecule is CC(C)c1ncc(Cl)c(C(=O)NCC2CN(C)CCO2)n1. The van der Waals surface area contributed by atoms with Gasteiger partial charge in [-0.2, -0.15) is 0 Å². The van der Waals surface area contributed by atoms with Gasteiger partial charge >= 0.3 is 0 Å². The van der Waals surface area contributed by atoms with Crippen LogP contribution in [0.4, 0.5) is 0 Å². The Bertz CT molecular complexity index is 510. The van der Waals surface area contributed by atoms with Crippen LogP contribution in [0.1, 0.15) is 36.1 Å². The minimum Gasteiger partial charge on any atom is -0.374 e. The van der Waals surface area contributed by atoms with E-state index in [4.69, 9.17) is 16.3 Å². The average Bonchev–Trinajstić information content (AvgIpc) is 2.45. The van der Waals surface area contributed by atoms with Gasteiger partial charge in [0, 0.05) is 25.6 Å². The fraction of sp³-hybridized carbons (Fsp3) is 0.643. The number of carbonyl (C=O) groups excluding carboxylic acids is 1. The van der Waals surface area contributed by atoms with Gasteiger partial charge in [-0.05, 0) is 7.05 Å². The van der Waals surface area contributed by atoms with Crippen molar-refractivity contribution in [2.24, 2.45) is 0 Å². The number of ether oxygens (including phenoxy) is 1. The summed E-state index contributed by atoms with van der Waals surface area (Å²) in [6.07, 6.45) is 1.47. The summed E-state index contributed by atoms with van der Waals surface area (Å²) in [4.78, 5) is 22.8. The molecule has 2 heterocycles. The average molecular weight is 313 g/mol. The third kappa shape index (κ3) is 4.36. The predicted octanol–water partition coefficient (Wildman–Crippen LogP) is 1.31. The summed E-state index contributed by atoms with van der Waals surface area (Å²) >= 11 is 6.02. The molecule has 0 spiro atoms. The van der Waals surface area contributed by atoms with Crippen LogP contribution in [0.2, 0.25) is 5.02 Å². The van der Waals surface area contributed by atoms with Gasteiger partial charge in [0.1, 0.15) is 11.5 Å². The molecule has 0 aliphatic carbocycles. The molecule has 1 N–H and O–H groups in total. The van der Waals surface area contributed by atoms with E-state index in [0.29, 0.717) is 19.0 Å². The topological polar surface area (TPSA) is 67.4 Å². The number of amides is 1. The van der Waals surface area contributed by atoms with Crippen LogP contribution in [0.25, 0.3) is 0 Å². The molecule has 1 unspecified atom stereocenters. The molecule has 21 heavy (non-hydrogen) atoms. The maximum Gasteiger partial charge on any atom is 0.271 e. The minimum absolute atomic E-state index is 0.00196. The summed E-state index contributed by atoms with van der Waals surface area (Å²) in [5, 5.41) is 3.09. The van der Waals surface area contributed by atoms with E-state index in [-0.39, 0.29) is 28.6 Å². The number of aromatic nitrogens is 2. The number of rotatable bonds is 4. The lowest BCUT2D eigenvalue weighted by atomic mass is 10.2. The van der Waals surface area contributed by atoms with Crippen LogP contribution in [-0.4, -0.2) is 60.2 Å². The highest BCUT2D eigenvalue weighted by atomic mass is 35.5. The van der Waals surface area contributed by atoms with Gasteiger partial charge in [-0.15, -0.1) is 0 Å². The normalized spacial score (nSPS) is 19.8. The van der Waals surface area contributed by atoms with Crippen LogP contribution in [0, 0.1) is 0 Å². The van der Waals surface area contributed by atoms with Gasteiger partial charge in [0.05, 0.1) is 23.9 Å². The van der Waals surface area contributed by atoms with E-state index in [9.17, 15) is 4.79 Å². The van der Waals surface area contributed by atoms with Crippen molar-refractivity contribution < 1.29 is 9.53 Å². The molecule has 7 heteroatoms. The number of likely N-dealkylation sites (N-methyl/N-ethyl adjacent to an activating group) is 1. The van der Waals surface area contributed by atoms with Crippen LogP contribution >= 0.6 is 11.6 Å². The number of nitrogens with zero attached hydrogens (tertiary/aromatic N) is 3. The lowest BCUT2D eigenvalue weighted by Crippen LogP contribution is -2.46. The van der Waals surface area contributed by atoms with Crippen LogP contribution in [0.5, 0.6) is 0 Å². The van der Waals surface area contributed by atoms with Crippen LogP contribution < -0.4 is 5.32 Å². The molecule has 1 amide bonds. The highest BCUT2D eigenvalue weighted by molar-refractivity contribution is 6.33. The molecule has 0 aromatic carbocycles. The number of hydrogen-bond acceptors (Lipinski definition) is 5. The van der Waals surface area contributed by atoms with E-state index >= 15 is 0 Å². The van der Waals surface area contributed by atoms with Gasteiger partial charge in [-0.25, -0.2) is 9.97 Å². The lowest BCUT2D eigenvalue weighted by molar-refractivity contribution is -0.0175. The zero-order valence-electron chi connectivity index (χ0n) is 12.6. The molecule has 1 aliphatic rings. The van der Waals surface area contributed by atoms with E-state index in [1.807, 2.05) is 20.9 Å². The second-order valence-corrected chi connectivity index (χ2v) is 5.95. The summed E-state index contributed by atoms with van der Waals surface area (Å²) in [6.45, 7) is 6.78. The van der Waals surface area contributed by atoms with Crippen molar-refractivity contribution in [3.05, 3.63) is 22.7 Å². The van der Waals surface area contributed by atoms with Crippen molar-refractivity contribution in [1.29, 1.82) is 0 Å². The number of nitrogens with one attached hydrogen (secondary N) is 1. The van der Waals surface area contributed by atoms with Crippen molar-refractivity contribution in [3.8, 4) is 0 Å². The first-order valence-electron chi connectivity index (χ1n) is 7.08. The zero-order chi connectivity index (χ0) is 15.4. The van der Waals surface area contributed by atoms with Gasteiger partial charge in [0.15, 0.2) is 0 Å². The van der Waals surface area contributed by atoms with Crippen molar-refractivity contribution in [2.75, 3.05) is 33.3 Å². The molecule has 116 valence electrons. The number of morpholine rings is 1. The van der Waals surface area contributed by atoms with Gasteiger partial charge < -0.3 is 15.0 Å². The zero-order valence-corrected chi connectivity index (χ0v) is 13.4. The fourth-order valence-electron chi connectivity index (χ4n) is 2.10. The second-order valence-electron chi connectivity index (χ2n) is 5.54. The van der Waals surface area contributed by atoms with Crippen molar-refractivity contribution in [1.82, 2.24) is 20.2 Å². The van der Waals surface area contributed by atoms with Gasteiger partial charge in [0.2, 0.25) is 0 Å². The number of halogens is 1. The molecule has 2 rings (SSSR count). The Morgan fingerprint density at radius 1 is 1.62 bits per heavy atom. The van der Waals surface area contributed by atoms with Crippen LogP contribution in [0.15, 0.2) is 6.20 Å². The van der Waals surface area contributed by atoms with Gasteiger partial charge in [-0.3, -0.25) is 4.79 Å². The summed E-state index contributed by atoms with van der Waals surface area (Å²) in [7, 11) is 2.04. The molecule has 1 aliphatic heterocycles. The smallest absolute Gasteiger partial charge is 0.271 e. The van der Waals surface area contributed by atoms with E-state index in [1.165, 1.54) is 6.20 Å². The Morgan fingerprint density at radius 3 is 3.05 bits per heavy atom. The molecule has 6 nitrogen and oxygen atoms in total. The molecule has 0 saturated carbocycles. The molecule has 1 aromatic rings. The highest BCUT2D eigenvalue weighted by Gasteiger charge is 2.20. The maximum absolute atomic E-state index is 12.2. The molecule has 1 aromatic heterocycles. The Balaban J connectivity index is 1.98. The Labute approximate surface area is 129 Å². The maximum atomic E-state index is 12.2. The van der Waals surface area contributed by atoms with E-state index in [0.717, 1.165) is 13.1 Å². The first-order valence-corrected chi connectivity index (χ1v) is 7.46. The molecule has 1 fully saturated rings. The monoisotopic (exact) mass is 312 g/mol. The third-order valence-electron chi connectivity index (χ3n) is 3.33. The molecule has 1 saturated heterocycles. The third-order valence-corrected chi connectivity index (χ3v) is 3.60. The van der Waals surface area contributed by atoms with Gasteiger partial charge in [0.25, 0.3) is 5.91 Å². The fourth-order valence-corrected chi connectivity index (χ4v) is 2.28. The standard InChI is InChI=1S/C14H21ClN4O2/c1-9(2)13-16-7-11(15)12(18-13)14(20)17-6-10-8-19(3)4-5-21-10/h7,9-10H,4-6,8H2,1-3H3,(H,17,20). The first-order chi connectivity index (χ1) is 9.97. The van der Waals surface area contributed by atoms with E-state index in [1.54, 1.807) is 0 Å². The summed E-state index contributed by atoms with van der Waals surface area (Å²) < 4.78 is 5.60.